The Morgan fingerprint density at radius 1 is 1.13 bits per heavy atom. The summed E-state index contributed by atoms with van der Waals surface area (Å²) < 4.78 is 10.2. The van der Waals surface area contributed by atoms with E-state index in [1.165, 1.54) is 31.3 Å². The maximum atomic E-state index is 12.9. The van der Waals surface area contributed by atoms with Gasteiger partial charge in [-0.1, -0.05) is 24.3 Å². The summed E-state index contributed by atoms with van der Waals surface area (Å²) >= 11 is 0. The second-order valence-electron chi connectivity index (χ2n) is 6.74. The van der Waals surface area contributed by atoms with Gasteiger partial charge < -0.3 is 19.9 Å². The first-order valence-corrected chi connectivity index (χ1v) is 9.19. The molecule has 2 amide bonds. The summed E-state index contributed by atoms with van der Waals surface area (Å²) in [6, 6.07) is 12.2. The van der Waals surface area contributed by atoms with Gasteiger partial charge in [-0.3, -0.25) is 4.90 Å². The van der Waals surface area contributed by atoms with E-state index in [-0.39, 0.29) is 18.1 Å². The highest BCUT2D eigenvalue weighted by Gasteiger charge is 2.36. The number of benzene rings is 2. The second-order valence-corrected chi connectivity index (χ2v) is 6.74. The Labute approximate surface area is 173 Å². The Kier molecular flexibility index (Phi) is 6.06. The Balaban J connectivity index is 1.98. The van der Waals surface area contributed by atoms with E-state index in [0.717, 1.165) is 5.56 Å². The molecule has 1 atom stereocenters. The fraction of sp³-hybridized carbons (Fsp3) is 0.227. The molecule has 3 rings (SSSR count). The molecular formula is C22H22N2O6. The number of carbonyl (C=O) groups excluding carboxylic acids is 2. The van der Waals surface area contributed by atoms with E-state index in [9.17, 15) is 14.4 Å². The fourth-order valence-electron chi connectivity index (χ4n) is 3.35. The smallest absolute Gasteiger partial charge is 0.337 e. The Morgan fingerprint density at radius 2 is 1.83 bits per heavy atom. The van der Waals surface area contributed by atoms with E-state index in [4.69, 9.17) is 14.6 Å². The molecule has 2 N–H and O–H groups in total. The molecule has 1 aliphatic rings. The SMILES string of the molecule is COC(=O)C1=C(C)N(Cc2ccc(C(=O)O)cc2)C(=O)NC1c1cccc(OC)c1. The lowest BCUT2D eigenvalue weighted by molar-refractivity contribution is -0.136. The van der Waals surface area contributed by atoms with Crippen LogP contribution in [0.4, 0.5) is 4.79 Å². The van der Waals surface area contributed by atoms with Gasteiger partial charge in [0.25, 0.3) is 0 Å². The highest BCUT2D eigenvalue weighted by atomic mass is 16.5. The van der Waals surface area contributed by atoms with Crippen molar-refractivity contribution in [2.24, 2.45) is 0 Å². The number of ether oxygens (including phenoxy) is 2. The van der Waals surface area contributed by atoms with Crippen molar-refractivity contribution in [3.63, 3.8) is 0 Å². The monoisotopic (exact) mass is 410 g/mol. The molecule has 2 aromatic carbocycles. The zero-order chi connectivity index (χ0) is 21.8. The minimum atomic E-state index is -1.03. The standard InChI is InChI=1S/C22H22N2O6/c1-13-18(21(27)30-3)19(16-5-4-6-17(11-16)29-2)23-22(28)24(13)12-14-7-9-15(10-8-14)20(25)26/h4-11,19H,12H2,1-3H3,(H,23,28)(H,25,26). The summed E-state index contributed by atoms with van der Waals surface area (Å²) in [5.74, 6) is -0.974. The second kappa shape index (κ2) is 8.69. The first kappa shape index (κ1) is 20.9. The van der Waals surface area contributed by atoms with Crippen molar-refractivity contribution in [1.82, 2.24) is 10.2 Å². The number of hydrogen-bond donors (Lipinski definition) is 2. The molecule has 1 unspecified atom stereocenters. The number of rotatable bonds is 6. The van der Waals surface area contributed by atoms with Crippen LogP contribution < -0.4 is 10.1 Å². The molecule has 0 radical (unpaired) electrons. The van der Waals surface area contributed by atoms with Gasteiger partial charge in [0, 0.05) is 5.70 Å². The number of esters is 1. The molecule has 0 aromatic heterocycles. The maximum absolute atomic E-state index is 12.9. The highest BCUT2D eigenvalue weighted by molar-refractivity contribution is 5.95. The third-order valence-corrected chi connectivity index (χ3v) is 4.97. The third kappa shape index (κ3) is 4.12. The van der Waals surface area contributed by atoms with Crippen LogP contribution in [0.2, 0.25) is 0 Å². The van der Waals surface area contributed by atoms with Gasteiger partial charge >= 0.3 is 18.0 Å². The lowest BCUT2D eigenvalue weighted by Gasteiger charge is -2.35. The minimum Gasteiger partial charge on any atom is -0.497 e. The van der Waals surface area contributed by atoms with Crippen molar-refractivity contribution in [2.45, 2.75) is 19.5 Å². The number of amides is 2. The number of carboxylic acids is 1. The number of nitrogens with one attached hydrogen (secondary N) is 1. The molecule has 0 saturated carbocycles. The van der Waals surface area contributed by atoms with Crippen molar-refractivity contribution >= 4 is 18.0 Å². The maximum Gasteiger partial charge on any atom is 0.337 e. The van der Waals surface area contributed by atoms with Crippen LogP contribution in [0.25, 0.3) is 0 Å². The number of urea groups is 1. The molecule has 0 fully saturated rings. The van der Waals surface area contributed by atoms with Gasteiger partial charge in [-0.25, -0.2) is 14.4 Å². The van der Waals surface area contributed by atoms with Gasteiger partial charge in [0.1, 0.15) is 5.75 Å². The topological polar surface area (TPSA) is 105 Å². The van der Waals surface area contributed by atoms with Gasteiger partial charge in [-0.2, -0.15) is 0 Å². The zero-order valence-electron chi connectivity index (χ0n) is 16.8. The predicted octanol–water partition coefficient (Wildman–Crippen LogP) is 3.11. The summed E-state index contributed by atoms with van der Waals surface area (Å²) in [5, 5.41) is 11.9. The average molecular weight is 410 g/mol. The number of carboxylic acid groups (broad SMARTS) is 1. The molecule has 0 aliphatic carbocycles. The highest BCUT2D eigenvalue weighted by Crippen LogP contribution is 2.33. The third-order valence-electron chi connectivity index (χ3n) is 4.97. The molecule has 2 aromatic rings. The summed E-state index contributed by atoms with van der Waals surface area (Å²) in [5.41, 5.74) is 2.34. The van der Waals surface area contributed by atoms with Crippen LogP contribution in [0.1, 0.15) is 34.5 Å². The van der Waals surface area contributed by atoms with Gasteiger partial charge in [0.15, 0.2) is 0 Å². The van der Waals surface area contributed by atoms with Crippen LogP contribution in [0.5, 0.6) is 5.75 Å². The van der Waals surface area contributed by atoms with Gasteiger partial charge in [0.05, 0.1) is 37.9 Å². The molecule has 8 heteroatoms. The number of carbonyl (C=O) groups is 3. The molecule has 1 aliphatic heterocycles. The lowest BCUT2D eigenvalue weighted by atomic mass is 9.94. The van der Waals surface area contributed by atoms with Crippen molar-refractivity contribution in [3.05, 3.63) is 76.5 Å². The predicted molar refractivity (Wildman–Crippen MR) is 108 cm³/mol. The van der Waals surface area contributed by atoms with E-state index in [1.807, 2.05) is 0 Å². The number of nitrogens with zero attached hydrogens (tertiary/aromatic N) is 1. The quantitative estimate of drug-likeness (QED) is 0.709. The summed E-state index contributed by atoms with van der Waals surface area (Å²) in [6.07, 6.45) is 0. The summed E-state index contributed by atoms with van der Waals surface area (Å²) in [7, 11) is 2.83. The van der Waals surface area contributed by atoms with Crippen LogP contribution in [-0.4, -0.2) is 42.2 Å². The van der Waals surface area contributed by atoms with Crippen LogP contribution in [0.15, 0.2) is 59.8 Å². The normalized spacial score (nSPS) is 16.2. The molecular weight excluding hydrogens is 388 g/mol. The van der Waals surface area contributed by atoms with Crippen molar-refractivity contribution in [3.8, 4) is 5.75 Å². The summed E-state index contributed by atoms with van der Waals surface area (Å²) in [6.45, 7) is 1.85. The molecule has 156 valence electrons. The van der Waals surface area contributed by atoms with Crippen LogP contribution in [0.3, 0.4) is 0 Å². The molecule has 0 bridgehead atoms. The number of methoxy groups -OCH3 is 2. The van der Waals surface area contributed by atoms with Crippen LogP contribution >= 0.6 is 0 Å². The number of aromatic carboxylic acids is 1. The van der Waals surface area contributed by atoms with E-state index in [2.05, 4.69) is 5.32 Å². The lowest BCUT2D eigenvalue weighted by Crippen LogP contribution is -2.47. The van der Waals surface area contributed by atoms with Crippen molar-refractivity contribution in [2.75, 3.05) is 14.2 Å². The van der Waals surface area contributed by atoms with E-state index >= 15 is 0 Å². The molecule has 30 heavy (non-hydrogen) atoms. The Hall–Kier alpha value is -3.81. The fourth-order valence-corrected chi connectivity index (χ4v) is 3.35. The van der Waals surface area contributed by atoms with Crippen molar-refractivity contribution < 1.29 is 29.0 Å². The zero-order valence-corrected chi connectivity index (χ0v) is 16.8. The van der Waals surface area contributed by atoms with Gasteiger partial charge in [-0.05, 0) is 42.3 Å². The largest absolute Gasteiger partial charge is 0.497 e. The van der Waals surface area contributed by atoms with Crippen LogP contribution in [0, 0.1) is 0 Å². The van der Waals surface area contributed by atoms with Crippen molar-refractivity contribution in [1.29, 1.82) is 0 Å². The minimum absolute atomic E-state index is 0.155. The van der Waals surface area contributed by atoms with Crippen LogP contribution in [-0.2, 0) is 16.1 Å². The van der Waals surface area contributed by atoms with E-state index in [0.29, 0.717) is 22.6 Å². The molecule has 1 heterocycles. The first-order chi connectivity index (χ1) is 14.3. The average Bonchev–Trinajstić information content (AvgIpc) is 2.76. The first-order valence-electron chi connectivity index (χ1n) is 9.19. The van der Waals surface area contributed by atoms with E-state index in [1.54, 1.807) is 43.3 Å². The Morgan fingerprint density at radius 3 is 2.43 bits per heavy atom. The molecule has 0 saturated heterocycles. The molecule has 8 nitrogen and oxygen atoms in total. The Bertz CT molecular complexity index is 1010. The summed E-state index contributed by atoms with van der Waals surface area (Å²) in [4.78, 5) is 37.9. The molecule has 0 spiro atoms. The van der Waals surface area contributed by atoms with Gasteiger partial charge in [0.2, 0.25) is 0 Å². The number of allylic oxidation sites excluding steroid dienone is 1. The number of hydrogen-bond acceptors (Lipinski definition) is 5. The van der Waals surface area contributed by atoms with Gasteiger partial charge in [-0.15, -0.1) is 0 Å². The van der Waals surface area contributed by atoms with E-state index < -0.39 is 18.0 Å².